The summed E-state index contributed by atoms with van der Waals surface area (Å²) >= 11 is 0. The van der Waals surface area contributed by atoms with Crippen LogP contribution in [0.5, 0.6) is 0 Å². The Bertz CT molecular complexity index is 446. The number of carbonyl (C=O) groups excluding carboxylic acids is 1. The van der Waals surface area contributed by atoms with Crippen molar-refractivity contribution in [2.75, 3.05) is 0 Å². The van der Waals surface area contributed by atoms with E-state index in [1.165, 1.54) is 0 Å². The lowest BCUT2D eigenvalue weighted by Crippen LogP contribution is -2.60. The summed E-state index contributed by atoms with van der Waals surface area (Å²) in [7, 11) is 0. The van der Waals surface area contributed by atoms with Crippen LogP contribution < -0.4 is 5.73 Å². The molecule has 0 aliphatic rings. The van der Waals surface area contributed by atoms with Gasteiger partial charge in [-0.1, -0.05) is 50.6 Å². The molecule has 104 valence electrons. The van der Waals surface area contributed by atoms with E-state index in [2.05, 4.69) is 0 Å². The molecule has 1 unspecified atom stereocenters. The molecule has 5 heteroatoms. The van der Waals surface area contributed by atoms with Gasteiger partial charge < -0.3 is 15.6 Å². The number of nitrogens with two attached hydrogens (primary N) is 1. The van der Waals surface area contributed by atoms with Gasteiger partial charge in [-0.05, 0) is 11.5 Å². The van der Waals surface area contributed by atoms with E-state index in [9.17, 15) is 14.7 Å². The second-order valence-corrected chi connectivity index (χ2v) is 4.55. The Morgan fingerprint density at radius 2 is 1.95 bits per heavy atom. The second kappa shape index (κ2) is 6.33. The van der Waals surface area contributed by atoms with Crippen LogP contribution in [0.15, 0.2) is 30.3 Å². The zero-order valence-electron chi connectivity index (χ0n) is 11.1. The van der Waals surface area contributed by atoms with Crippen LogP contribution in [-0.2, 0) is 20.9 Å². The molecule has 0 aliphatic carbocycles. The maximum atomic E-state index is 12.0. The third kappa shape index (κ3) is 3.32. The van der Waals surface area contributed by atoms with Gasteiger partial charge in [0.2, 0.25) is 5.54 Å². The van der Waals surface area contributed by atoms with Crippen LogP contribution in [0.25, 0.3) is 0 Å². The van der Waals surface area contributed by atoms with Gasteiger partial charge in [0.15, 0.2) is 0 Å². The first-order chi connectivity index (χ1) is 8.92. The van der Waals surface area contributed by atoms with Gasteiger partial charge in [0, 0.05) is 0 Å². The molecule has 0 bridgehead atoms. The highest BCUT2D eigenvalue weighted by Crippen LogP contribution is 2.20. The van der Waals surface area contributed by atoms with E-state index in [0.29, 0.717) is 6.42 Å². The van der Waals surface area contributed by atoms with Crippen molar-refractivity contribution in [3.63, 3.8) is 0 Å². The van der Waals surface area contributed by atoms with Gasteiger partial charge >= 0.3 is 11.9 Å². The first kappa shape index (κ1) is 15.2. The molecule has 5 nitrogen and oxygen atoms in total. The van der Waals surface area contributed by atoms with Crippen LogP contribution in [0.1, 0.15) is 25.8 Å². The summed E-state index contributed by atoms with van der Waals surface area (Å²) in [6.07, 6.45) is 0.475. The minimum Gasteiger partial charge on any atom is -0.479 e. The zero-order chi connectivity index (χ0) is 14.5. The van der Waals surface area contributed by atoms with Crippen LogP contribution in [-0.4, -0.2) is 22.6 Å². The summed E-state index contributed by atoms with van der Waals surface area (Å²) in [6.45, 7) is 3.42. The highest BCUT2D eigenvalue weighted by atomic mass is 16.5. The SMILES string of the molecule is CCC(C)[C@](N)(C(=O)O)C(=O)OCc1ccccc1. The Kier molecular flexibility index (Phi) is 5.06. The number of ether oxygens (including phenoxy) is 1. The van der Waals surface area contributed by atoms with E-state index in [4.69, 9.17) is 10.5 Å². The summed E-state index contributed by atoms with van der Waals surface area (Å²) in [5, 5.41) is 9.18. The number of benzene rings is 1. The quantitative estimate of drug-likeness (QED) is 0.601. The van der Waals surface area contributed by atoms with Gasteiger partial charge in [-0.25, -0.2) is 9.59 Å². The van der Waals surface area contributed by atoms with Crippen molar-refractivity contribution in [3.8, 4) is 0 Å². The monoisotopic (exact) mass is 265 g/mol. The van der Waals surface area contributed by atoms with Gasteiger partial charge in [-0.3, -0.25) is 0 Å². The molecule has 1 rings (SSSR count). The fraction of sp³-hybridized carbons (Fsp3) is 0.429. The molecule has 0 aromatic heterocycles. The summed E-state index contributed by atoms with van der Waals surface area (Å²) in [5.41, 5.74) is 4.52. The molecule has 3 N–H and O–H groups in total. The number of carbonyl (C=O) groups is 2. The molecule has 0 spiro atoms. The third-order valence-corrected chi connectivity index (χ3v) is 3.29. The maximum Gasteiger partial charge on any atom is 0.338 e. The Labute approximate surface area is 112 Å². The largest absolute Gasteiger partial charge is 0.479 e. The summed E-state index contributed by atoms with van der Waals surface area (Å²) in [4.78, 5) is 23.2. The topological polar surface area (TPSA) is 89.6 Å². The van der Waals surface area contributed by atoms with Gasteiger partial charge in [0.1, 0.15) is 6.61 Å². The number of esters is 1. The van der Waals surface area contributed by atoms with Gasteiger partial charge in [-0.15, -0.1) is 0 Å². The number of aliphatic carboxylic acids is 1. The molecule has 0 saturated carbocycles. The Hall–Kier alpha value is -1.88. The summed E-state index contributed by atoms with van der Waals surface area (Å²) in [5.74, 6) is -2.77. The molecule has 0 amide bonds. The number of hydrogen-bond acceptors (Lipinski definition) is 4. The standard InChI is InChI=1S/C14H19NO4/c1-3-10(2)14(15,12(16)17)13(18)19-9-11-7-5-4-6-8-11/h4-8,10H,3,9,15H2,1-2H3,(H,16,17)/t10?,14-/m0/s1. The molecule has 0 saturated heterocycles. The van der Waals surface area contributed by atoms with Crippen molar-refractivity contribution in [1.29, 1.82) is 0 Å². The number of rotatable bonds is 6. The highest BCUT2D eigenvalue weighted by Gasteiger charge is 2.48. The average Bonchev–Trinajstić information content (AvgIpc) is 2.43. The van der Waals surface area contributed by atoms with Crippen LogP contribution in [0, 0.1) is 5.92 Å². The molecular formula is C14H19NO4. The zero-order valence-corrected chi connectivity index (χ0v) is 11.1. The lowest BCUT2D eigenvalue weighted by molar-refractivity contribution is -0.164. The van der Waals surface area contributed by atoms with Crippen molar-refractivity contribution >= 4 is 11.9 Å². The van der Waals surface area contributed by atoms with E-state index in [0.717, 1.165) is 5.56 Å². The summed E-state index contributed by atoms with van der Waals surface area (Å²) < 4.78 is 5.03. The van der Waals surface area contributed by atoms with E-state index >= 15 is 0 Å². The number of hydrogen-bond donors (Lipinski definition) is 2. The average molecular weight is 265 g/mol. The summed E-state index contributed by atoms with van der Waals surface area (Å²) in [6, 6.07) is 9.04. The fourth-order valence-corrected chi connectivity index (χ4v) is 1.66. The van der Waals surface area contributed by atoms with Crippen molar-refractivity contribution in [3.05, 3.63) is 35.9 Å². The van der Waals surface area contributed by atoms with E-state index in [1.54, 1.807) is 26.0 Å². The molecule has 1 aromatic rings. The molecule has 2 atom stereocenters. The minimum atomic E-state index is -2.00. The van der Waals surface area contributed by atoms with E-state index in [1.807, 2.05) is 18.2 Å². The third-order valence-electron chi connectivity index (χ3n) is 3.29. The molecule has 0 aliphatic heterocycles. The molecule has 19 heavy (non-hydrogen) atoms. The van der Waals surface area contributed by atoms with Gasteiger partial charge in [-0.2, -0.15) is 0 Å². The molecular weight excluding hydrogens is 246 g/mol. The van der Waals surface area contributed by atoms with Crippen LogP contribution in [0.2, 0.25) is 0 Å². The first-order valence-corrected chi connectivity index (χ1v) is 6.16. The minimum absolute atomic E-state index is 0.0162. The molecule has 0 heterocycles. The van der Waals surface area contributed by atoms with Crippen molar-refractivity contribution < 1.29 is 19.4 Å². The fourth-order valence-electron chi connectivity index (χ4n) is 1.66. The molecule has 0 fully saturated rings. The van der Waals surface area contributed by atoms with Crippen LogP contribution >= 0.6 is 0 Å². The van der Waals surface area contributed by atoms with Crippen molar-refractivity contribution in [1.82, 2.24) is 0 Å². The second-order valence-electron chi connectivity index (χ2n) is 4.55. The lowest BCUT2D eigenvalue weighted by atomic mass is 9.84. The predicted molar refractivity (Wildman–Crippen MR) is 70.2 cm³/mol. The van der Waals surface area contributed by atoms with Gasteiger partial charge in [0.25, 0.3) is 0 Å². The van der Waals surface area contributed by atoms with Gasteiger partial charge in [0.05, 0.1) is 0 Å². The molecule has 1 aromatic carbocycles. The van der Waals surface area contributed by atoms with E-state index in [-0.39, 0.29) is 6.61 Å². The Morgan fingerprint density at radius 3 is 2.42 bits per heavy atom. The van der Waals surface area contributed by atoms with Crippen LogP contribution in [0.3, 0.4) is 0 Å². The number of carboxylic acid groups (broad SMARTS) is 1. The van der Waals surface area contributed by atoms with Crippen LogP contribution in [0.4, 0.5) is 0 Å². The first-order valence-electron chi connectivity index (χ1n) is 6.16. The Balaban J connectivity index is 2.77. The molecule has 0 radical (unpaired) electrons. The Morgan fingerprint density at radius 1 is 1.37 bits per heavy atom. The van der Waals surface area contributed by atoms with E-state index < -0.39 is 23.4 Å². The lowest BCUT2D eigenvalue weighted by Gasteiger charge is -2.28. The predicted octanol–water partition coefficient (Wildman–Crippen LogP) is 1.56. The number of carboxylic acids is 1. The highest BCUT2D eigenvalue weighted by molar-refractivity contribution is 6.04. The normalized spacial score (nSPS) is 15.3. The smallest absolute Gasteiger partial charge is 0.338 e. The van der Waals surface area contributed by atoms with Crippen molar-refractivity contribution in [2.45, 2.75) is 32.4 Å². The maximum absolute atomic E-state index is 12.0. The van der Waals surface area contributed by atoms with Crippen molar-refractivity contribution in [2.24, 2.45) is 11.7 Å².